The molecule has 1 heterocycles. The van der Waals surface area contributed by atoms with E-state index >= 15 is 0 Å². The maximum absolute atomic E-state index is 12.3. The van der Waals surface area contributed by atoms with Gasteiger partial charge in [-0.05, 0) is 75.1 Å². The molecule has 0 radical (unpaired) electrons. The van der Waals surface area contributed by atoms with Gasteiger partial charge in [-0.25, -0.2) is 9.98 Å². The van der Waals surface area contributed by atoms with E-state index in [2.05, 4.69) is 69.7 Å². The van der Waals surface area contributed by atoms with Crippen LogP contribution in [-0.4, -0.2) is 41.7 Å². The molecule has 41 heavy (non-hydrogen) atoms. The molecule has 1 saturated heterocycles. The molecule has 1 aliphatic rings. The SMILES string of the molecule is Cc1cc(C)c(N2/C(=N/N=C/c3ccc(C(N)=NC=Nc4ccc(OC(F)(F)F)cc4)cc3)SCCC2C)c(C)c1. The zero-order valence-corrected chi connectivity index (χ0v) is 24.0. The summed E-state index contributed by atoms with van der Waals surface area (Å²) in [4.78, 5) is 10.5. The van der Waals surface area contributed by atoms with E-state index in [0.717, 1.165) is 22.9 Å². The molecule has 0 saturated carbocycles. The maximum atomic E-state index is 12.3. The Kier molecular flexibility index (Phi) is 9.49. The molecule has 1 aliphatic heterocycles. The van der Waals surface area contributed by atoms with Crippen LogP contribution in [0.5, 0.6) is 5.75 Å². The number of amidine groups is 2. The number of benzene rings is 3. The number of hydrogen-bond acceptors (Lipinski definition) is 5. The number of halogens is 3. The van der Waals surface area contributed by atoms with Crippen molar-refractivity contribution >= 4 is 46.7 Å². The van der Waals surface area contributed by atoms with Crippen molar-refractivity contribution in [2.45, 2.75) is 46.5 Å². The van der Waals surface area contributed by atoms with Crippen LogP contribution in [0, 0.1) is 20.8 Å². The third-order valence-electron chi connectivity index (χ3n) is 6.32. The lowest BCUT2D eigenvalue weighted by atomic mass is 10.0. The molecule has 0 aliphatic carbocycles. The van der Waals surface area contributed by atoms with E-state index in [4.69, 9.17) is 5.73 Å². The molecule has 0 amide bonds. The van der Waals surface area contributed by atoms with E-state index in [9.17, 15) is 13.2 Å². The van der Waals surface area contributed by atoms with Crippen molar-refractivity contribution in [1.29, 1.82) is 0 Å². The number of nitrogens with zero attached hydrogens (tertiary/aromatic N) is 5. The van der Waals surface area contributed by atoms with Crippen LogP contribution in [0.2, 0.25) is 0 Å². The highest BCUT2D eigenvalue weighted by atomic mass is 32.2. The third-order valence-corrected chi connectivity index (χ3v) is 7.30. The normalized spacial score (nSPS) is 17.6. The van der Waals surface area contributed by atoms with E-state index in [1.165, 1.54) is 53.0 Å². The third kappa shape index (κ3) is 8.20. The molecule has 0 spiro atoms. The Hall–Kier alpha value is -4.12. The summed E-state index contributed by atoms with van der Waals surface area (Å²) in [6.07, 6.45) is -0.733. The van der Waals surface area contributed by atoms with Crippen LogP contribution in [0.3, 0.4) is 0 Å². The first-order valence-corrected chi connectivity index (χ1v) is 13.9. The Balaban J connectivity index is 1.42. The second-order valence-corrected chi connectivity index (χ2v) is 10.7. The van der Waals surface area contributed by atoms with Crippen molar-refractivity contribution < 1.29 is 17.9 Å². The highest BCUT2D eigenvalue weighted by Crippen LogP contribution is 2.34. The summed E-state index contributed by atoms with van der Waals surface area (Å²) in [6.45, 7) is 8.60. The summed E-state index contributed by atoms with van der Waals surface area (Å²) in [6, 6.07) is 17.2. The van der Waals surface area contributed by atoms with Crippen molar-refractivity contribution in [2.24, 2.45) is 25.9 Å². The standard InChI is InChI=1S/C30H31F3N6OS/c1-19-15-20(2)27(21(3)16-19)39-22(4)13-14-41-29(39)38-37-17-23-5-7-24(8-6-23)28(34)36-18-35-25-9-11-26(12-10-25)40-30(31,32)33/h5-12,15-18,22H,13-14H2,1-4H3,(H2,34,35,36)/b37-17+,38-29-. The van der Waals surface area contributed by atoms with Crippen LogP contribution >= 0.6 is 11.8 Å². The highest BCUT2D eigenvalue weighted by molar-refractivity contribution is 8.14. The molecule has 1 fully saturated rings. The van der Waals surface area contributed by atoms with Crippen molar-refractivity contribution in [3.63, 3.8) is 0 Å². The molecule has 1 atom stereocenters. The van der Waals surface area contributed by atoms with Gasteiger partial charge < -0.3 is 15.4 Å². The van der Waals surface area contributed by atoms with Crippen LogP contribution in [0.4, 0.5) is 24.5 Å². The fourth-order valence-electron chi connectivity index (χ4n) is 4.50. The summed E-state index contributed by atoms with van der Waals surface area (Å²) in [5, 5.41) is 9.85. The molecule has 7 nitrogen and oxygen atoms in total. The number of hydrogen-bond donors (Lipinski definition) is 1. The van der Waals surface area contributed by atoms with Gasteiger partial charge in [-0.2, -0.15) is 5.10 Å². The van der Waals surface area contributed by atoms with Gasteiger partial charge in [-0.15, -0.1) is 18.3 Å². The lowest BCUT2D eigenvalue weighted by Crippen LogP contribution is -2.42. The van der Waals surface area contributed by atoms with Crippen molar-refractivity contribution in [1.82, 2.24) is 0 Å². The van der Waals surface area contributed by atoms with Crippen LogP contribution in [0.25, 0.3) is 0 Å². The summed E-state index contributed by atoms with van der Waals surface area (Å²) in [7, 11) is 0. The molecule has 2 N–H and O–H groups in total. The lowest BCUT2D eigenvalue weighted by Gasteiger charge is -2.37. The number of aliphatic imine (C=N–C) groups is 2. The van der Waals surface area contributed by atoms with Gasteiger partial charge in [-0.3, -0.25) is 0 Å². The number of thioether (sulfide) groups is 1. The molecular formula is C30H31F3N6OS. The summed E-state index contributed by atoms with van der Waals surface area (Å²) in [5.41, 5.74) is 12.9. The van der Waals surface area contributed by atoms with Gasteiger partial charge in [0.15, 0.2) is 5.17 Å². The Labute approximate surface area is 241 Å². The fourth-order valence-corrected chi connectivity index (χ4v) is 5.66. The number of rotatable bonds is 7. The van der Waals surface area contributed by atoms with Gasteiger partial charge in [0.05, 0.1) is 11.9 Å². The molecular weight excluding hydrogens is 549 g/mol. The number of aryl methyl sites for hydroxylation is 3. The quantitative estimate of drug-likeness (QED) is 0.181. The zero-order chi connectivity index (χ0) is 29.6. The second kappa shape index (κ2) is 13.0. The van der Waals surface area contributed by atoms with Crippen molar-refractivity contribution in [3.05, 3.63) is 88.5 Å². The number of alkyl halides is 3. The van der Waals surface area contributed by atoms with E-state index < -0.39 is 6.36 Å². The van der Waals surface area contributed by atoms with E-state index in [1.54, 1.807) is 18.0 Å². The summed E-state index contributed by atoms with van der Waals surface area (Å²) >= 11 is 1.71. The first kappa shape index (κ1) is 29.9. The Morgan fingerprint density at radius 1 is 1.02 bits per heavy atom. The largest absolute Gasteiger partial charge is 0.573 e. The first-order chi connectivity index (χ1) is 19.5. The molecule has 3 aromatic carbocycles. The van der Waals surface area contributed by atoms with Crippen LogP contribution in [0.15, 0.2) is 80.9 Å². The topological polar surface area (TPSA) is 87.9 Å². The Morgan fingerprint density at radius 2 is 1.68 bits per heavy atom. The second-order valence-electron chi connectivity index (χ2n) is 9.65. The highest BCUT2D eigenvalue weighted by Gasteiger charge is 2.31. The minimum Gasteiger partial charge on any atom is -0.406 e. The average molecular weight is 581 g/mol. The lowest BCUT2D eigenvalue weighted by molar-refractivity contribution is -0.274. The van der Waals surface area contributed by atoms with Crippen molar-refractivity contribution in [2.75, 3.05) is 10.7 Å². The summed E-state index contributed by atoms with van der Waals surface area (Å²) in [5.74, 6) is 0.904. The predicted octanol–water partition coefficient (Wildman–Crippen LogP) is 7.30. The van der Waals surface area contributed by atoms with Crippen LogP contribution in [-0.2, 0) is 0 Å². The zero-order valence-electron chi connectivity index (χ0n) is 23.2. The monoisotopic (exact) mass is 580 g/mol. The van der Waals surface area contributed by atoms with E-state index in [1.807, 2.05) is 24.3 Å². The number of ether oxygens (including phenoxy) is 1. The first-order valence-electron chi connectivity index (χ1n) is 12.9. The Morgan fingerprint density at radius 3 is 2.32 bits per heavy atom. The maximum Gasteiger partial charge on any atom is 0.573 e. The van der Waals surface area contributed by atoms with Crippen molar-refractivity contribution in [3.8, 4) is 5.75 Å². The van der Waals surface area contributed by atoms with E-state index in [0.29, 0.717) is 17.3 Å². The van der Waals surface area contributed by atoms with Gasteiger partial charge in [0.1, 0.15) is 17.9 Å². The van der Waals surface area contributed by atoms with Gasteiger partial charge in [-0.1, -0.05) is 53.7 Å². The minimum atomic E-state index is -4.74. The number of nitrogens with two attached hydrogens (primary N) is 1. The molecule has 0 aromatic heterocycles. The van der Waals surface area contributed by atoms with Crippen LogP contribution in [0.1, 0.15) is 41.2 Å². The fraction of sp³-hybridized carbons (Fsp3) is 0.267. The molecule has 3 aromatic rings. The molecule has 0 bridgehead atoms. The van der Waals surface area contributed by atoms with Gasteiger partial charge in [0, 0.05) is 23.0 Å². The van der Waals surface area contributed by atoms with Crippen LogP contribution < -0.4 is 15.4 Å². The average Bonchev–Trinajstić information content (AvgIpc) is 2.90. The van der Waals surface area contributed by atoms with E-state index in [-0.39, 0.29) is 11.6 Å². The minimum absolute atomic E-state index is 0.238. The van der Waals surface area contributed by atoms with Gasteiger partial charge in [0.25, 0.3) is 0 Å². The smallest absolute Gasteiger partial charge is 0.406 e. The summed E-state index contributed by atoms with van der Waals surface area (Å²) < 4.78 is 40.7. The predicted molar refractivity (Wildman–Crippen MR) is 163 cm³/mol. The van der Waals surface area contributed by atoms with Gasteiger partial charge in [0.2, 0.25) is 0 Å². The molecule has 214 valence electrons. The Bertz CT molecular complexity index is 1460. The molecule has 4 rings (SSSR count). The molecule has 1 unspecified atom stereocenters. The van der Waals surface area contributed by atoms with Gasteiger partial charge >= 0.3 is 6.36 Å². The molecule has 11 heteroatoms. The number of anilines is 1.